The van der Waals surface area contributed by atoms with Gasteiger partial charge in [0.15, 0.2) is 0 Å². The Bertz CT molecular complexity index is 754. The normalized spacial score (nSPS) is 15.7. The highest BCUT2D eigenvalue weighted by molar-refractivity contribution is 7.88. The SMILES string of the molecule is Cc1cccc(N2CCN(C(=O)CN(CCC(C)C)S(C)(=O)=O)CC2)c1C. The third-order valence-electron chi connectivity index (χ3n) is 5.29. The van der Waals surface area contributed by atoms with Gasteiger partial charge in [0.25, 0.3) is 0 Å². The fourth-order valence-corrected chi connectivity index (χ4v) is 4.07. The van der Waals surface area contributed by atoms with Crippen LogP contribution in [0.1, 0.15) is 31.4 Å². The van der Waals surface area contributed by atoms with E-state index in [-0.39, 0.29) is 12.5 Å². The Kier molecular flexibility index (Phi) is 7.28. The highest BCUT2D eigenvalue weighted by Gasteiger charge is 2.26. The minimum Gasteiger partial charge on any atom is -0.368 e. The van der Waals surface area contributed by atoms with Crippen LogP contribution in [0, 0.1) is 19.8 Å². The van der Waals surface area contributed by atoms with Crippen LogP contribution in [0.25, 0.3) is 0 Å². The van der Waals surface area contributed by atoms with Crippen molar-refractivity contribution in [1.29, 1.82) is 0 Å². The number of aryl methyl sites for hydroxylation is 1. The Hall–Kier alpha value is -1.60. The molecule has 0 atom stereocenters. The molecule has 1 aliphatic rings. The molecule has 0 saturated carbocycles. The first-order valence-electron chi connectivity index (χ1n) is 9.63. The highest BCUT2D eigenvalue weighted by Crippen LogP contribution is 2.24. The fourth-order valence-electron chi connectivity index (χ4n) is 3.29. The van der Waals surface area contributed by atoms with Gasteiger partial charge >= 0.3 is 0 Å². The summed E-state index contributed by atoms with van der Waals surface area (Å²) in [6, 6.07) is 6.29. The van der Waals surface area contributed by atoms with Crippen molar-refractivity contribution in [3.05, 3.63) is 29.3 Å². The monoisotopic (exact) mass is 395 g/mol. The van der Waals surface area contributed by atoms with Crippen LogP contribution in [0.15, 0.2) is 18.2 Å². The Balaban J connectivity index is 1.96. The number of amides is 1. The molecule has 0 N–H and O–H groups in total. The van der Waals surface area contributed by atoms with Crippen molar-refractivity contribution in [2.45, 2.75) is 34.1 Å². The number of rotatable bonds is 7. The van der Waals surface area contributed by atoms with Gasteiger partial charge in [-0.15, -0.1) is 0 Å². The molecule has 0 spiro atoms. The summed E-state index contributed by atoms with van der Waals surface area (Å²) in [7, 11) is -3.38. The first-order valence-corrected chi connectivity index (χ1v) is 11.5. The third kappa shape index (κ3) is 5.94. The molecular formula is C20H33N3O3S. The maximum atomic E-state index is 12.7. The summed E-state index contributed by atoms with van der Waals surface area (Å²) >= 11 is 0. The maximum absolute atomic E-state index is 12.7. The van der Waals surface area contributed by atoms with Crippen LogP contribution < -0.4 is 4.90 Å². The van der Waals surface area contributed by atoms with Crippen molar-refractivity contribution in [2.24, 2.45) is 5.92 Å². The summed E-state index contributed by atoms with van der Waals surface area (Å²) in [5.41, 5.74) is 3.76. The van der Waals surface area contributed by atoms with Gasteiger partial charge < -0.3 is 9.80 Å². The van der Waals surface area contributed by atoms with Gasteiger partial charge in [0.2, 0.25) is 15.9 Å². The summed E-state index contributed by atoms with van der Waals surface area (Å²) in [6.45, 7) is 11.4. The van der Waals surface area contributed by atoms with E-state index >= 15 is 0 Å². The Morgan fingerprint density at radius 2 is 1.78 bits per heavy atom. The molecule has 0 radical (unpaired) electrons. The molecule has 1 aromatic carbocycles. The summed E-state index contributed by atoms with van der Waals surface area (Å²) in [6.07, 6.45) is 1.93. The van der Waals surface area contributed by atoms with Gasteiger partial charge in [-0.3, -0.25) is 4.79 Å². The molecular weight excluding hydrogens is 362 g/mol. The van der Waals surface area contributed by atoms with Crippen LogP contribution in [-0.4, -0.2) is 69.1 Å². The molecule has 152 valence electrons. The van der Waals surface area contributed by atoms with Crippen LogP contribution in [0.4, 0.5) is 5.69 Å². The van der Waals surface area contributed by atoms with Gasteiger partial charge in [0.1, 0.15) is 0 Å². The zero-order valence-corrected chi connectivity index (χ0v) is 18.1. The minimum atomic E-state index is -3.38. The van der Waals surface area contributed by atoms with Crippen LogP contribution in [0.5, 0.6) is 0 Å². The standard InChI is InChI=1S/C20H33N3O3S/c1-16(2)9-10-23(27(5,25)26)15-20(24)22-13-11-21(12-14-22)19-8-6-7-17(3)18(19)4/h6-8,16H,9-15H2,1-5H3. The molecule has 0 bridgehead atoms. The molecule has 27 heavy (non-hydrogen) atoms. The lowest BCUT2D eigenvalue weighted by molar-refractivity contribution is -0.131. The summed E-state index contributed by atoms with van der Waals surface area (Å²) in [5, 5.41) is 0. The number of carbonyl (C=O) groups excluding carboxylic acids is 1. The number of hydrogen-bond acceptors (Lipinski definition) is 4. The molecule has 1 aromatic rings. The molecule has 0 unspecified atom stereocenters. The van der Waals surface area contributed by atoms with E-state index in [0.29, 0.717) is 25.6 Å². The zero-order valence-electron chi connectivity index (χ0n) is 17.2. The van der Waals surface area contributed by atoms with Gasteiger partial charge in [0.05, 0.1) is 12.8 Å². The lowest BCUT2D eigenvalue weighted by atomic mass is 10.1. The summed E-state index contributed by atoms with van der Waals surface area (Å²) in [5.74, 6) is 0.287. The van der Waals surface area contributed by atoms with Crippen LogP contribution in [-0.2, 0) is 14.8 Å². The van der Waals surface area contributed by atoms with Crippen LogP contribution in [0.2, 0.25) is 0 Å². The predicted molar refractivity (Wildman–Crippen MR) is 111 cm³/mol. The van der Waals surface area contributed by atoms with Crippen molar-refractivity contribution >= 4 is 21.6 Å². The van der Waals surface area contributed by atoms with Gasteiger partial charge in [-0.2, -0.15) is 4.31 Å². The lowest BCUT2D eigenvalue weighted by Crippen LogP contribution is -2.52. The minimum absolute atomic E-state index is 0.0605. The van der Waals surface area contributed by atoms with E-state index in [9.17, 15) is 13.2 Å². The molecule has 0 aromatic heterocycles. The van der Waals surface area contributed by atoms with Crippen molar-refractivity contribution in [3.63, 3.8) is 0 Å². The van der Waals surface area contributed by atoms with E-state index in [1.54, 1.807) is 4.90 Å². The van der Waals surface area contributed by atoms with Gasteiger partial charge in [-0.1, -0.05) is 26.0 Å². The molecule has 1 fully saturated rings. The Morgan fingerprint density at radius 3 is 2.33 bits per heavy atom. The van der Waals surface area contributed by atoms with Crippen molar-refractivity contribution < 1.29 is 13.2 Å². The Labute approximate surface area is 164 Å². The number of hydrogen-bond donors (Lipinski definition) is 0. The molecule has 1 amide bonds. The van der Waals surface area contributed by atoms with Crippen molar-refractivity contribution in [1.82, 2.24) is 9.21 Å². The average Bonchev–Trinajstić information content (AvgIpc) is 2.59. The predicted octanol–water partition coefficient (Wildman–Crippen LogP) is 2.26. The zero-order chi connectivity index (χ0) is 20.2. The second-order valence-corrected chi connectivity index (χ2v) is 9.85. The van der Waals surface area contributed by atoms with E-state index < -0.39 is 10.0 Å². The molecule has 6 nitrogen and oxygen atoms in total. The van der Waals surface area contributed by atoms with E-state index in [4.69, 9.17) is 0 Å². The molecule has 1 saturated heterocycles. The van der Waals surface area contributed by atoms with E-state index in [1.165, 1.54) is 27.4 Å². The van der Waals surface area contributed by atoms with Gasteiger partial charge in [-0.05, 0) is 43.4 Å². The molecule has 0 aliphatic carbocycles. The quantitative estimate of drug-likeness (QED) is 0.711. The van der Waals surface area contributed by atoms with Crippen LogP contribution in [0.3, 0.4) is 0 Å². The number of anilines is 1. The number of nitrogens with zero attached hydrogens (tertiary/aromatic N) is 3. The number of sulfonamides is 1. The molecule has 7 heteroatoms. The second-order valence-electron chi connectivity index (χ2n) is 7.87. The van der Waals surface area contributed by atoms with Crippen molar-refractivity contribution in [2.75, 3.05) is 50.4 Å². The van der Waals surface area contributed by atoms with Crippen molar-refractivity contribution in [3.8, 4) is 0 Å². The molecule has 2 rings (SSSR count). The largest absolute Gasteiger partial charge is 0.368 e. The maximum Gasteiger partial charge on any atom is 0.238 e. The summed E-state index contributed by atoms with van der Waals surface area (Å²) < 4.78 is 25.3. The van der Waals surface area contributed by atoms with Crippen LogP contribution >= 0.6 is 0 Å². The second kappa shape index (κ2) is 9.06. The number of benzene rings is 1. The summed E-state index contributed by atoms with van der Waals surface area (Å²) in [4.78, 5) is 16.8. The molecule has 1 aliphatic heterocycles. The number of piperazine rings is 1. The van der Waals surface area contributed by atoms with Gasteiger partial charge in [-0.25, -0.2) is 8.42 Å². The number of carbonyl (C=O) groups is 1. The topological polar surface area (TPSA) is 60.9 Å². The first-order chi connectivity index (χ1) is 12.6. The molecule has 1 heterocycles. The van der Waals surface area contributed by atoms with E-state index in [2.05, 4.69) is 50.8 Å². The average molecular weight is 396 g/mol. The lowest BCUT2D eigenvalue weighted by Gasteiger charge is -2.37. The Morgan fingerprint density at radius 1 is 1.15 bits per heavy atom. The fraction of sp³-hybridized carbons (Fsp3) is 0.650. The first kappa shape index (κ1) is 21.7. The third-order valence-corrected chi connectivity index (χ3v) is 6.54. The van der Waals surface area contributed by atoms with E-state index in [0.717, 1.165) is 19.5 Å². The van der Waals surface area contributed by atoms with Gasteiger partial charge in [0, 0.05) is 38.4 Å². The highest BCUT2D eigenvalue weighted by atomic mass is 32.2. The smallest absolute Gasteiger partial charge is 0.238 e. The van der Waals surface area contributed by atoms with E-state index in [1.807, 2.05) is 0 Å².